The van der Waals surface area contributed by atoms with Crippen LogP contribution in [0.3, 0.4) is 0 Å². The number of aromatic amines is 1. The molecule has 2 aromatic heterocycles. The molecular formula is C23H26FN5O3. The number of benzene rings is 1. The third kappa shape index (κ3) is 3.09. The monoisotopic (exact) mass is 439 g/mol. The number of rotatable bonds is 5. The van der Waals surface area contributed by atoms with Crippen LogP contribution in [0.25, 0.3) is 10.9 Å². The van der Waals surface area contributed by atoms with Crippen molar-refractivity contribution in [3.63, 3.8) is 0 Å². The van der Waals surface area contributed by atoms with Gasteiger partial charge in [0.05, 0.1) is 17.6 Å². The molecule has 0 bridgehead atoms. The Morgan fingerprint density at radius 2 is 2.06 bits per heavy atom. The first-order valence-electron chi connectivity index (χ1n) is 11.3. The molecule has 8 nitrogen and oxygen atoms in total. The molecule has 168 valence electrons. The Bertz CT molecular complexity index is 1350. The van der Waals surface area contributed by atoms with Crippen LogP contribution in [-0.2, 0) is 6.42 Å². The standard InChI is InChI=1S/C23H26FN5O3/c1-12-19-13(9-17(24)20(12)28-7-4-15(11-28)23(25)5-6-23)8-14(10-18-26-27-22(31)32-18)21(30)29(19)16-2-3-16/h8-9,15-16H,2-7,10-11,25H2,1H3,(H,27,31)/t15-/m1/s1. The molecule has 1 saturated heterocycles. The average molecular weight is 439 g/mol. The Hall–Kier alpha value is -2.94. The molecule has 0 unspecified atom stereocenters. The second-order valence-electron chi connectivity index (χ2n) is 9.69. The van der Waals surface area contributed by atoms with Crippen molar-refractivity contribution in [3.05, 3.63) is 55.9 Å². The van der Waals surface area contributed by atoms with Crippen molar-refractivity contribution in [2.75, 3.05) is 18.0 Å². The van der Waals surface area contributed by atoms with Gasteiger partial charge in [-0.15, -0.1) is 5.10 Å². The van der Waals surface area contributed by atoms with Crippen LogP contribution in [0.2, 0.25) is 0 Å². The number of pyridine rings is 1. The van der Waals surface area contributed by atoms with Crippen LogP contribution < -0.4 is 21.9 Å². The summed E-state index contributed by atoms with van der Waals surface area (Å²) in [7, 11) is 0. The third-order valence-electron chi connectivity index (χ3n) is 7.44. The molecule has 3 fully saturated rings. The average Bonchev–Trinajstić information content (AvgIpc) is 3.63. The number of halogens is 1. The maximum Gasteiger partial charge on any atom is 0.434 e. The van der Waals surface area contributed by atoms with Crippen LogP contribution in [0.15, 0.2) is 26.1 Å². The quantitative estimate of drug-likeness (QED) is 0.632. The Kier molecular flexibility index (Phi) is 4.18. The SMILES string of the molecule is Cc1c(N2CC[C@@H](C3(N)CC3)C2)c(F)cc2cc(Cc3n[nH]c(=O)o3)c(=O)n(C3CC3)c12. The number of nitrogens with two attached hydrogens (primary N) is 1. The minimum atomic E-state index is -0.663. The van der Waals surface area contributed by atoms with E-state index in [1.54, 1.807) is 6.07 Å². The van der Waals surface area contributed by atoms with Crippen LogP contribution in [0, 0.1) is 18.7 Å². The lowest BCUT2D eigenvalue weighted by molar-refractivity contribution is 0.442. The molecule has 3 N–H and O–H groups in total. The molecule has 32 heavy (non-hydrogen) atoms. The molecule has 1 atom stereocenters. The van der Waals surface area contributed by atoms with E-state index in [2.05, 4.69) is 15.1 Å². The fraction of sp³-hybridized carbons (Fsp3) is 0.522. The predicted molar refractivity (Wildman–Crippen MR) is 118 cm³/mol. The second-order valence-corrected chi connectivity index (χ2v) is 9.69. The second kappa shape index (κ2) is 6.78. The summed E-state index contributed by atoms with van der Waals surface area (Å²) < 4.78 is 22.2. The van der Waals surface area contributed by atoms with E-state index in [1.807, 2.05) is 11.5 Å². The zero-order valence-corrected chi connectivity index (χ0v) is 18.0. The fourth-order valence-corrected chi connectivity index (χ4v) is 5.40. The Labute approximate surface area is 183 Å². The number of hydrogen-bond donors (Lipinski definition) is 2. The summed E-state index contributed by atoms with van der Waals surface area (Å²) >= 11 is 0. The Balaban J connectivity index is 1.47. The number of anilines is 1. The molecule has 0 amide bonds. The molecule has 0 spiro atoms. The van der Waals surface area contributed by atoms with Crippen molar-refractivity contribution >= 4 is 16.6 Å². The first-order valence-corrected chi connectivity index (χ1v) is 11.3. The first kappa shape index (κ1) is 19.7. The highest BCUT2D eigenvalue weighted by Gasteiger charge is 2.48. The molecule has 0 radical (unpaired) electrons. The predicted octanol–water partition coefficient (Wildman–Crippen LogP) is 2.37. The van der Waals surface area contributed by atoms with Gasteiger partial charge in [0.2, 0.25) is 5.89 Å². The van der Waals surface area contributed by atoms with Gasteiger partial charge in [0, 0.05) is 35.6 Å². The third-order valence-corrected chi connectivity index (χ3v) is 7.44. The van der Waals surface area contributed by atoms with Gasteiger partial charge in [-0.3, -0.25) is 4.79 Å². The van der Waals surface area contributed by atoms with Gasteiger partial charge in [0.15, 0.2) is 0 Å². The highest BCUT2D eigenvalue weighted by Crippen LogP contribution is 2.46. The lowest BCUT2D eigenvalue weighted by Gasteiger charge is -2.25. The first-order chi connectivity index (χ1) is 15.3. The number of aromatic nitrogens is 3. The lowest BCUT2D eigenvalue weighted by atomic mass is 9.97. The van der Waals surface area contributed by atoms with E-state index in [0.29, 0.717) is 22.6 Å². The number of hydrogen-bond acceptors (Lipinski definition) is 6. The largest absolute Gasteiger partial charge is 0.434 e. The number of H-pyrrole nitrogens is 1. The molecule has 9 heteroatoms. The number of nitrogens with zero attached hydrogens (tertiary/aromatic N) is 3. The summed E-state index contributed by atoms with van der Waals surface area (Å²) in [6, 6.07) is 3.35. The zero-order chi connectivity index (χ0) is 22.2. The number of aryl methyl sites for hydroxylation is 1. The normalized spacial score (nSPS) is 22.1. The summed E-state index contributed by atoms with van der Waals surface area (Å²) in [5.74, 6) is -0.421. The number of fused-ring (bicyclic) bond motifs is 1. The van der Waals surface area contributed by atoms with Crippen molar-refractivity contribution in [2.24, 2.45) is 11.7 Å². The Morgan fingerprint density at radius 3 is 2.72 bits per heavy atom. The fourth-order valence-electron chi connectivity index (χ4n) is 5.40. The van der Waals surface area contributed by atoms with Gasteiger partial charge in [-0.2, -0.15) is 0 Å². The van der Waals surface area contributed by atoms with E-state index in [-0.39, 0.29) is 35.3 Å². The van der Waals surface area contributed by atoms with Gasteiger partial charge < -0.3 is 19.6 Å². The van der Waals surface area contributed by atoms with E-state index in [1.165, 1.54) is 6.07 Å². The maximum absolute atomic E-state index is 15.4. The zero-order valence-electron chi connectivity index (χ0n) is 18.0. The van der Waals surface area contributed by atoms with E-state index in [4.69, 9.17) is 10.2 Å². The topological polar surface area (TPSA) is 110 Å². The summed E-state index contributed by atoms with van der Waals surface area (Å²) in [5, 5.41) is 6.70. The molecular weight excluding hydrogens is 413 g/mol. The van der Waals surface area contributed by atoms with Crippen LogP contribution in [-0.4, -0.2) is 33.4 Å². The highest BCUT2D eigenvalue weighted by molar-refractivity contribution is 5.88. The summed E-state index contributed by atoms with van der Waals surface area (Å²) in [5.41, 5.74) is 8.83. The molecule has 3 aromatic rings. The minimum Gasteiger partial charge on any atom is -0.392 e. The van der Waals surface area contributed by atoms with Gasteiger partial charge in [-0.05, 0) is 62.6 Å². The summed E-state index contributed by atoms with van der Waals surface area (Å²) in [4.78, 5) is 26.8. The van der Waals surface area contributed by atoms with Gasteiger partial charge in [-0.1, -0.05) is 0 Å². The van der Waals surface area contributed by atoms with Crippen molar-refractivity contribution in [3.8, 4) is 0 Å². The van der Waals surface area contributed by atoms with E-state index in [0.717, 1.165) is 56.3 Å². The van der Waals surface area contributed by atoms with Gasteiger partial charge in [0.25, 0.3) is 5.56 Å². The van der Waals surface area contributed by atoms with Crippen LogP contribution >= 0.6 is 0 Å². The molecule has 1 aliphatic heterocycles. The molecule has 1 aromatic carbocycles. The smallest absolute Gasteiger partial charge is 0.392 e. The van der Waals surface area contributed by atoms with Crippen LogP contribution in [0.4, 0.5) is 10.1 Å². The van der Waals surface area contributed by atoms with Crippen LogP contribution in [0.1, 0.15) is 55.2 Å². The van der Waals surface area contributed by atoms with Crippen molar-refractivity contribution < 1.29 is 8.81 Å². The van der Waals surface area contributed by atoms with E-state index in [9.17, 15) is 9.59 Å². The summed E-state index contributed by atoms with van der Waals surface area (Å²) in [6.07, 6.45) is 4.98. The van der Waals surface area contributed by atoms with Crippen molar-refractivity contribution in [1.29, 1.82) is 0 Å². The van der Waals surface area contributed by atoms with E-state index >= 15 is 4.39 Å². The molecule has 2 saturated carbocycles. The minimum absolute atomic E-state index is 0.0784. The van der Waals surface area contributed by atoms with Gasteiger partial charge in [0.1, 0.15) is 5.82 Å². The maximum atomic E-state index is 15.4. The molecule has 3 aliphatic rings. The molecule has 2 aliphatic carbocycles. The van der Waals surface area contributed by atoms with Gasteiger partial charge in [-0.25, -0.2) is 14.3 Å². The van der Waals surface area contributed by atoms with Crippen LogP contribution in [0.5, 0.6) is 0 Å². The van der Waals surface area contributed by atoms with Crippen molar-refractivity contribution in [1.82, 2.24) is 14.8 Å². The highest BCUT2D eigenvalue weighted by atomic mass is 19.1. The Morgan fingerprint density at radius 1 is 1.28 bits per heavy atom. The summed E-state index contributed by atoms with van der Waals surface area (Å²) in [6.45, 7) is 3.44. The van der Waals surface area contributed by atoms with Crippen molar-refractivity contribution in [2.45, 2.75) is 57.0 Å². The van der Waals surface area contributed by atoms with Gasteiger partial charge >= 0.3 is 5.76 Å². The lowest BCUT2D eigenvalue weighted by Crippen LogP contribution is -2.35. The molecule has 6 rings (SSSR count). The van der Waals surface area contributed by atoms with E-state index < -0.39 is 5.76 Å². The number of nitrogens with one attached hydrogen (secondary N) is 1. The molecule has 3 heterocycles.